The molecule has 116 valence electrons. The fourth-order valence-corrected chi connectivity index (χ4v) is 9.04. The monoisotopic (exact) mass is 298 g/mol. The molecule has 3 atom stereocenters. The molecule has 1 aliphatic rings. The minimum atomic E-state index is -1.87. The summed E-state index contributed by atoms with van der Waals surface area (Å²) < 4.78 is 12.1. The van der Waals surface area contributed by atoms with Crippen LogP contribution in [0.1, 0.15) is 48.5 Å². The van der Waals surface area contributed by atoms with Gasteiger partial charge in [-0.05, 0) is 23.5 Å². The molecule has 0 aromatic carbocycles. The van der Waals surface area contributed by atoms with Crippen molar-refractivity contribution in [1.29, 1.82) is 0 Å². The lowest BCUT2D eigenvalue weighted by Gasteiger charge is -2.42. The number of aliphatic hydroxyl groups excluding tert-OH is 1. The Morgan fingerprint density at radius 2 is 1.65 bits per heavy atom. The van der Waals surface area contributed by atoms with E-state index in [0.717, 1.165) is 0 Å². The van der Waals surface area contributed by atoms with Gasteiger partial charge in [0, 0.05) is 0 Å². The maximum atomic E-state index is 9.78. The lowest BCUT2D eigenvalue weighted by atomic mass is 10.0. The van der Waals surface area contributed by atoms with Crippen LogP contribution in [0.15, 0.2) is 0 Å². The van der Waals surface area contributed by atoms with Crippen LogP contribution in [0.4, 0.5) is 0 Å². The molecule has 0 amide bonds. The number of epoxide rings is 1. The highest BCUT2D eigenvalue weighted by atomic mass is 28.4. The minimum Gasteiger partial charge on any atom is -0.413 e. The Labute approximate surface area is 125 Å². The third kappa shape index (κ3) is 2.96. The highest BCUT2D eigenvalue weighted by Gasteiger charge is 2.58. The number of aliphatic hydroxyl groups is 1. The first-order valence-corrected chi connectivity index (χ1v) is 9.72. The smallest absolute Gasteiger partial charge is 0.200 e. The molecule has 4 heteroatoms. The van der Waals surface area contributed by atoms with Gasteiger partial charge in [0.25, 0.3) is 0 Å². The van der Waals surface area contributed by atoms with E-state index >= 15 is 0 Å². The molecule has 0 radical (unpaired) electrons. The van der Waals surface area contributed by atoms with Crippen LogP contribution in [0.2, 0.25) is 16.6 Å². The molecule has 0 aromatic rings. The van der Waals surface area contributed by atoms with Gasteiger partial charge in [-0.25, -0.2) is 0 Å². The first-order chi connectivity index (χ1) is 9.12. The predicted octanol–water partition coefficient (Wildman–Crippen LogP) is 3.33. The van der Waals surface area contributed by atoms with E-state index in [4.69, 9.17) is 15.6 Å². The molecule has 1 aliphatic heterocycles. The van der Waals surface area contributed by atoms with Crippen LogP contribution in [0, 0.1) is 12.3 Å². The second-order valence-corrected chi connectivity index (χ2v) is 12.4. The van der Waals surface area contributed by atoms with Gasteiger partial charge in [0.05, 0.1) is 6.61 Å². The molecular formula is C16H30O3Si. The molecule has 0 aliphatic carbocycles. The van der Waals surface area contributed by atoms with E-state index in [1.807, 2.05) is 6.92 Å². The Balaban J connectivity index is 2.74. The summed E-state index contributed by atoms with van der Waals surface area (Å²) in [5, 5.41) is 9.78. The highest BCUT2D eigenvalue weighted by molar-refractivity contribution is 6.77. The van der Waals surface area contributed by atoms with Gasteiger partial charge in [-0.3, -0.25) is 0 Å². The zero-order valence-corrected chi connectivity index (χ0v) is 14.9. The number of hydrogen-bond acceptors (Lipinski definition) is 3. The highest BCUT2D eigenvalue weighted by Crippen LogP contribution is 2.45. The van der Waals surface area contributed by atoms with Crippen LogP contribution in [0.3, 0.4) is 0 Å². The minimum absolute atomic E-state index is 0.0864. The van der Waals surface area contributed by atoms with Crippen molar-refractivity contribution >= 4 is 8.32 Å². The molecule has 1 rings (SSSR count). The maximum Gasteiger partial charge on any atom is 0.200 e. The molecule has 1 N–H and O–H groups in total. The van der Waals surface area contributed by atoms with E-state index in [9.17, 15) is 5.11 Å². The zero-order valence-electron chi connectivity index (χ0n) is 13.9. The third-order valence-electron chi connectivity index (χ3n) is 4.87. The van der Waals surface area contributed by atoms with Crippen molar-refractivity contribution in [3.63, 3.8) is 0 Å². The Kier molecular flexibility index (Phi) is 5.48. The van der Waals surface area contributed by atoms with Gasteiger partial charge in [0.15, 0.2) is 8.32 Å². The van der Waals surface area contributed by atoms with Gasteiger partial charge in [-0.2, -0.15) is 0 Å². The molecule has 0 saturated carbocycles. The SMILES string of the molecule is C#C[C@@H](O)C1(C)O[C@H]1CO[Si](C(C)C)(C(C)C)C(C)C. The summed E-state index contributed by atoms with van der Waals surface area (Å²) in [6, 6.07) is 0. The summed E-state index contributed by atoms with van der Waals surface area (Å²) in [7, 11) is -1.87. The van der Waals surface area contributed by atoms with E-state index in [1.165, 1.54) is 0 Å². The van der Waals surface area contributed by atoms with Crippen molar-refractivity contribution < 1.29 is 14.3 Å². The predicted molar refractivity (Wildman–Crippen MR) is 85.1 cm³/mol. The molecule has 3 nitrogen and oxygen atoms in total. The lowest BCUT2D eigenvalue weighted by molar-refractivity contribution is 0.131. The largest absolute Gasteiger partial charge is 0.413 e. The van der Waals surface area contributed by atoms with Gasteiger partial charge < -0.3 is 14.3 Å². The molecule has 0 aromatic heterocycles. The van der Waals surface area contributed by atoms with E-state index in [-0.39, 0.29) is 6.10 Å². The summed E-state index contributed by atoms with van der Waals surface area (Å²) >= 11 is 0. The molecule has 0 spiro atoms. The number of hydrogen-bond donors (Lipinski definition) is 1. The summed E-state index contributed by atoms with van der Waals surface area (Å²) in [6.07, 6.45) is 4.33. The summed E-state index contributed by atoms with van der Waals surface area (Å²) in [5.74, 6) is 2.35. The summed E-state index contributed by atoms with van der Waals surface area (Å²) in [6.45, 7) is 16.0. The summed E-state index contributed by atoms with van der Waals surface area (Å²) in [4.78, 5) is 0. The van der Waals surface area contributed by atoms with Crippen LogP contribution in [-0.2, 0) is 9.16 Å². The number of ether oxygens (including phenoxy) is 1. The molecular weight excluding hydrogens is 268 g/mol. The van der Waals surface area contributed by atoms with Crippen molar-refractivity contribution in [1.82, 2.24) is 0 Å². The fourth-order valence-electron chi connectivity index (χ4n) is 3.60. The van der Waals surface area contributed by atoms with Gasteiger partial charge in [-0.15, -0.1) is 6.42 Å². The second kappa shape index (κ2) is 6.19. The molecule has 0 bridgehead atoms. The Bertz CT molecular complexity index is 351. The molecule has 1 heterocycles. The van der Waals surface area contributed by atoms with Crippen LogP contribution in [-0.4, -0.2) is 37.8 Å². The van der Waals surface area contributed by atoms with E-state index < -0.39 is 20.0 Å². The molecule has 1 fully saturated rings. The van der Waals surface area contributed by atoms with Crippen molar-refractivity contribution in [3.8, 4) is 12.3 Å². The van der Waals surface area contributed by atoms with Gasteiger partial charge in [-0.1, -0.05) is 47.5 Å². The molecule has 1 unspecified atom stereocenters. The number of terminal acetylenes is 1. The van der Waals surface area contributed by atoms with Crippen molar-refractivity contribution in [2.45, 2.75) is 82.9 Å². The maximum absolute atomic E-state index is 9.78. The van der Waals surface area contributed by atoms with Crippen molar-refractivity contribution in [2.24, 2.45) is 0 Å². The van der Waals surface area contributed by atoms with E-state index in [1.54, 1.807) is 0 Å². The van der Waals surface area contributed by atoms with Crippen molar-refractivity contribution in [3.05, 3.63) is 0 Å². The third-order valence-corrected chi connectivity index (χ3v) is 11.0. The average molecular weight is 298 g/mol. The zero-order chi connectivity index (χ0) is 15.7. The Hall–Kier alpha value is -0.343. The standard InChI is InChI=1S/C16H30O3Si/c1-9-14(17)16(8)15(19-16)10-18-20(11(2)3,12(4)5)13(6)7/h1,11-15,17H,10H2,2-8H3/t14-,15+,16?/m1/s1. The Morgan fingerprint density at radius 1 is 1.20 bits per heavy atom. The second-order valence-electron chi connectivity index (χ2n) is 6.99. The quantitative estimate of drug-likeness (QED) is 0.445. The van der Waals surface area contributed by atoms with E-state index in [2.05, 4.69) is 47.5 Å². The summed E-state index contributed by atoms with van der Waals surface area (Å²) in [5.41, 5.74) is 1.01. The molecule has 1 saturated heterocycles. The Morgan fingerprint density at radius 3 is 2.00 bits per heavy atom. The first-order valence-electron chi connectivity index (χ1n) is 7.58. The van der Waals surface area contributed by atoms with Crippen molar-refractivity contribution in [2.75, 3.05) is 6.61 Å². The van der Waals surface area contributed by atoms with Gasteiger partial charge in [0.1, 0.15) is 17.8 Å². The fraction of sp³-hybridized carbons (Fsp3) is 0.875. The van der Waals surface area contributed by atoms with Gasteiger partial charge in [0.2, 0.25) is 0 Å². The lowest BCUT2D eigenvalue weighted by Crippen LogP contribution is -2.49. The number of rotatable bonds is 7. The van der Waals surface area contributed by atoms with Gasteiger partial charge >= 0.3 is 0 Å². The van der Waals surface area contributed by atoms with Crippen LogP contribution < -0.4 is 0 Å². The van der Waals surface area contributed by atoms with Crippen LogP contribution in [0.5, 0.6) is 0 Å². The molecule has 20 heavy (non-hydrogen) atoms. The van der Waals surface area contributed by atoms with Crippen LogP contribution >= 0.6 is 0 Å². The first kappa shape index (κ1) is 17.7. The average Bonchev–Trinajstić information content (AvgIpc) is 3.00. The normalized spacial score (nSPS) is 28.0. The van der Waals surface area contributed by atoms with Crippen LogP contribution in [0.25, 0.3) is 0 Å². The van der Waals surface area contributed by atoms with E-state index in [0.29, 0.717) is 23.2 Å². The topological polar surface area (TPSA) is 42.0 Å².